The summed E-state index contributed by atoms with van der Waals surface area (Å²) >= 11 is 5.86. The van der Waals surface area contributed by atoms with Gasteiger partial charge in [0.05, 0.1) is 10.7 Å². The van der Waals surface area contributed by atoms with Gasteiger partial charge < -0.3 is 9.51 Å². The number of carboxylic acids is 1. The van der Waals surface area contributed by atoms with Crippen LogP contribution in [0.15, 0.2) is 24.5 Å². The van der Waals surface area contributed by atoms with Crippen LogP contribution in [0, 0.1) is 0 Å². The maximum Gasteiger partial charge on any atom is 0.320 e. The second kappa shape index (κ2) is 4.73. The van der Waals surface area contributed by atoms with Crippen LogP contribution in [0.2, 0.25) is 5.02 Å². The van der Waals surface area contributed by atoms with Gasteiger partial charge in [-0.2, -0.15) is 0 Å². The molecular formula is C11H12ClN3O2. The molecule has 6 heteroatoms. The number of aromatic nitrogens is 2. The molecule has 90 valence electrons. The topological polar surface area (TPSA) is 66.6 Å². The van der Waals surface area contributed by atoms with E-state index in [4.69, 9.17) is 16.7 Å². The molecule has 0 radical (unpaired) electrons. The lowest BCUT2D eigenvalue weighted by Crippen LogP contribution is -2.33. The van der Waals surface area contributed by atoms with Crippen LogP contribution in [-0.2, 0) is 11.3 Å². The minimum Gasteiger partial charge on any atom is -0.480 e. The van der Waals surface area contributed by atoms with Gasteiger partial charge in [0, 0.05) is 18.9 Å². The Morgan fingerprint density at radius 2 is 2.35 bits per heavy atom. The zero-order valence-electron chi connectivity index (χ0n) is 9.22. The van der Waals surface area contributed by atoms with E-state index in [1.807, 2.05) is 16.7 Å². The quantitative estimate of drug-likeness (QED) is 0.868. The predicted octanol–water partition coefficient (Wildman–Crippen LogP) is 1.55. The van der Waals surface area contributed by atoms with E-state index in [1.165, 1.54) is 0 Å². The Balaban J connectivity index is 2.12. The first-order chi connectivity index (χ1) is 8.06. The molecule has 0 bridgehead atoms. The highest BCUT2D eigenvalue weighted by molar-refractivity contribution is 6.30. The first kappa shape index (κ1) is 11.9. The summed E-state index contributed by atoms with van der Waals surface area (Å²) in [6.07, 6.45) is 3.58. The molecule has 2 aromatic heterocycles. The van der Waals surface area contributed by atoms with Crippen LogP contribution >= 0.6 is 11.6 Å². The number of nitrogens with one attached hydrogen (secondary N) is 1. The number of nitrogens with zero attached hydrogens (tertiary/aromatic N) is 2. The van der Waals surface area contributed by atoms with Crippen molar-refractivity contribution in [1.82, 2.24) is 14.7 Å². The molecule has 0 aliphatic rings. The zero-order chi connectivity index (χ0) is 12.4. The molecule has 0 unspecified atom stereocenters. The summed E-state index contributed by atoms with van der Waals surface area (Å²) < 4.78 is 1.81. The van der Waals surface area contributed by atoms with Crippen LogP contribution in [0.25, 0.3) is 5.65 Å². The minimum atomic E-state index is -0.878. The zero-order valence-corrected chi connectivity index (χ0v) is 9.98. The normalized spacial score (nSPS) is 12.8. The third-order valence-electron chi connectivity index (χ3n) is 2.42. The van der Waals surface area contributed by atoms with E-state index in [0.29, 0.717) is 11.6 Å². The van der Waals surface area contributed by atoms with Gasteiger partial charge in [0.15, 0.2) is 0 Å². The summed E-state index contributed by atoms with van der Waals surface area (Å²) in [5.41, 5.74) is 1.56. The van der Waals surface area contributed by atoms with Gasteiger partial charge in [-0.05, 0) is 19.1 Å². The van der Waals surface area contributed by atoms with E-state index in [-0.39, 0.29) is 0 Å². The van der Waals surface area contributed by atoms with Crippen molar-refractivity contribution in [3.8, 4) is 0 Å². The minimum absolute atomic E-state index is 0.409. The summed E-state index contributed by atoms with van der Waals surface area (Å²) in [6, 6.07) is 2.98. The fourth-order valence-electron chi connectivity index (χ4n) is 1.45. The standard InChI is InChI=1S/C11H12ClN3O2/c1-7(11(16)17)13-4-9-6-15-5-8(12)2-3-10(15)14-9/h2-3,5-7,13H,4H2,1H3,(H,16,17)/t7-/m1/s1. The predicted molar refractivity (Wildman–Crippen MR) is 64.1 cm³/mol. The highest BCUT2D eigenvalue weighted by atomic mass is 35.5. The van der Waals surface area contributed by atoms with E-state index in [1.54, 1.807) is 19.2 Å². The number of carbonyl (C=O) groups is 1. The molecule has 5 nitrogen and oxygen atoms in total. The number of rotatable bonds is 4. The smallest absolute Gasteiger partial charge is 0.320 e. The Labute approximate surface area is 103 Å². The third kappa shape index (κ3) is 2.75. The monoisotopic (exact) mass is 253 g/mol. The average Bonchev–Trinajstić information content (AvgIpc) is 2.67. The Hall–Kier alpha value is -1.59. The fourth-order valence-corrected chi connectivity index (χ4v) is 1.62. The Morgan fingerprint density at radius 3 is 3.06 bits per heavy atom. The Bertz CT molecular complexity index is 553. The molecule has 0 fully saturated rings. The number of halogens is 1. The van der Waals surface area contributed by atoms with Crippen molar-refractivity contribution in [2.75, 3.05) is 0 Å². The lowest BCUT2D eigenvalue weighted by molar-refractivity contribution is -0.139. The van der Waals surface area contributed by atoms with E-state index in [0.717, 1.165) is 11.3 Å². The van der Waals surface area contributed by atoms with Crippen molar-refractivity contribution in [3.05, 3.63) is 35.2 Å². The second-order valence-corrected chi connectivity index (χ2v) is 4.22. The molecule has 17 heavy (non-hydrogen) atoms. The number of carboxylic acid groups (broad SMARTS) is 1. The van der Waals surface area contributed by atoms with Crippen LogP contribution in [0.4, 0.5) is 0 Å². The van der Waals surface area contributed by atoms with Crippen molar-refractivity contribution in [2.45, 2.75) is 19.5 Å². The van der Waals surface area contributed by atoms with Gasteiger partial charge in [0.1, 0.15) is 11.7 Å². The molecule has 2 N–H and O–H groups in total. The molecule has 0 aliphatic carbocycles. The van der Waals surface area contributed by atoms with Crippen LogP contribution in [0.3, 0.4) is 0 Å². The van der Waals surface area contributed by atoms with Gasteiger partial charge >= 0.3 is 5.97 Å². The van der Waals surface area contributed by atoms with Crippen LogP contribution in [-0.4, -0.2) is 26.5 Å². The molecule has 0 aliphatic heterocycles. The van der Waals surface area contributed by atoms with E-state index < -0.39 is 12.0 Å². The molecule has 2 heterocycles. The first-order valence-electron chi connectivity index (χ1n) is 5.15. The molecule has 0 saturated heterocycles. The number of pyridine rings is 1. The third-order valence-corrected chi connectivity index (χ3v) is 2.65. The molecule has 0 saturated carbocycles. The summed E-state index contributed by atoms with van der Waals surface area (Å²) in [6.45, 7) is 2.00. The summed E-state index contributed by atoms with van der Waals surface area (Å²) in [4.78, 5) is 15.0. The summed E-state index contributed by atoms with van der Waals surface area (Å²) in [7, 11) is 0. The van der Waals surface area contributed by atoms with Gasteiger partial charge in [-0.15, -0.1) is 0 Å². The highest BCUT2D eigenvalue weighted by Gasteiger charge is 2.10. The fraction of sp³-hybridized carbons (Fsp3) is 0.273. The molecule has 0 amide bonds. The largest absolute Gasteiger partial charge is 0.480 e. The number of hydrogen-bond donors (Lipinski definition) is 2. The van der Waals surface area contributed by atoms with Crippen LogP contribution in [0.5, 0.6) is 0 Å². The molecule has 0 spiro atoms. The van der Waals surface area contributed by atoms with Crippen LogP contribution < -0.4 is 5.32 Å². The van der Waals surface area contributed by atoms with Gasteiger partial charge in [-0.25, -0.2) is 4.98 Å². The molecular weight excluding hydrogens is 242 g/mol. The number of imidazole rings is 1. The number of aliphatic carboxylic acids is 1. The molecule has 1 atom stereocenters. The van der Waals surface area contributed by atoms with Gasteiger partial charge in [-0.1, -0.05) is 11.6 Å². The molecule has 2 rings (SSSR count). The van der Waals surface area contributed by atoms with Crippen molar-refractivity contribution in [2.24, 2.45) is 0 Å². The second-order valence-electron chi connectivity index (χ2n) is 3.79. The maximum atomic E-state index is 10.6. The molecule has 0 aromatic carbocycles. The number of fused-ring (bicyclic) bond motifs is 1. The maximum absolute atomic E-state index is 10.6. The first-order valence-corrected chi connectivity index (χ1v) is 5.53. The summed E-state index contributed by atoms with van der Waals surface area (Å²) in [5.74, 6) is -0.878. The molecule has 2 aromatic rings. The Morgan fingerprint density at radius 1 is 1.59 bits per heavy atom. The van der Waals surface area contributed by atoms with E-state index >= 15 is 0 Å². The highest BCUT2D eigenvalue weighted by Crippen LogP contribution is 2.11. The lowest BCUT2D eigenvalue weighted by atomic mass is 10.3. The van der Waals surface area contributed by atoms with Crippen molar-refractivity contribution >= 4 is 23.2 Å². The number of hydrogen-bond acceptors (Lipinski definition) is 3. The van der Waals surface area contributed by atoms with Gasteiger partial charge in [0.25, 0.3) is 0 Å². The van der Waals surface area contributed by atoms with Crippen molar-refractivity contribution in [1.29, 1.82) is 0 Å². The average molecular weight is 254 g/mol. The van der Waals surface area contributed by atoms with E-state index in [2.05, 4.69) is 10.3 Å². The van der Waals surface area contributed by atoms with Crippen LogP contribution in [0.1, 0.15) is 12.6 Å². The van der Waals surface area contributed by atoms with Gasteiger partial charge in [0.2, 0.25) is 0 Å². The summed E-state index contributed by atoms with van der Waals surface area (Å²) in [5, 5.41) is 12.2. The Kier molecular flexibility index (Phi) is 3.31. The van der Waals surface area contributed by atoms with E-state index in [9.17, 15) is 4.79 Å². The van der Waals surface area contributed by atoms with Crippen molar-refractivity contribution in [3.63, 3.8) is 0 Å². The lowest BCUT2D eigenvalue weighted by Gasteiger charge is -2.06. The van der Waals surface area contributed by atoms with Crippen molar-refractivity contribution < 1.29 is 9.90 Å². The van der Waals surface area contributed by atoms with Gasteiger partial charge in [-0.3, -0.25) is 10.1 Å². The SMILES string of the molecule is C[C@@H](NCc1cn2cc(Cl)ccc2n1)C(=O)O.